The van der Waals surface area contributed by atoms with Gasteiger partial charge in [0.25, 0.3) is 0 Å². The van der Waals surface area contributed by atoms with E-state index in [0.29, 0.717) is 31.9 Å². The average Bonchev–Trinajstić information content (AvgIpc) is 2.89. The lowest BCUT2D eigenvalue weighted by Gasteiger charge is -2.49. The molecule has 1 aliphatic carbocycles. The van der Waals surface area contributed by atoms with Crippen molar-refractivity contribution in [2.24, 2.45) is 10.4 Å². The van der Waals surface area contributed by atoms with Crippen molar-refractivity contribution in [1.82, 2.24) is 9.97 Å². The summed E-state index contributed by atoms with van der Waals surface area (Å²) in [6, 6.07) is 10.5. The van der Waals surface area contributed by atoms with Gasteiger partial charge in [0.2, 0.25) is 0 Å². The van der Waals surface area contributed by atoms with Crippen molar-refractivity contribution in [2.45, 2.75) is 30.6 Å². The van der Waals surface area contributed by atoms with E-state index in [4.69, 9.17) is 4.74 Å². The van der Waals surface area contributed by atoms with Gasteiger partial charge in [-0.3, -0.25) is 14.8 Å². The number of nitrogens with one attached hydrogen (secondary N) is 1. The molecule has 2 aromatic heterocycles. The number of carbonyl (C=O) groups is 2. The first kappa shape index (κ1) is 23.4. The van der Waals surface area contributed by atoms with Gasteiger partial charge >= 0.3 is 5.97 Å². The number of Topliss-reactive ketones (excluding diaryl/α,β-unsaturated/α-hetero) is 1. The normalized spacial score (nSPS) is 21.1. The molecule has 1 spiro atoms. The highest BCUT2D eigenvalue weighted by molar-refractivity contribution is 8.01. The predicted octanol–water partition coefficient (Wildman–Crippen LogP) is 3.92. The molecule has 5 rings (SSSR count). The minimum Gasteiger partial charge on any atom is -0.480 e. The van der Waals surface area contributed by atoms with Gasteiger partial charge < -0.3 is 15.2 Å². The molecule has 2 aliphatic rings. The molecule has 0 bridgehead atoms. The van der Waals surface area contributed by atoms with Gasteiger partial charge in [-0.25, -0.2) is 9.78 Å². The molecule has 2 N–H and O–H groups in total. The van der Waals surface area contributed by atoms with E-state index in [0.717, 1.165) is 27.7 Å². The van der Waals surface area contributed by atoms with Gasteiger partial charge in [0.15, 0.2) is 11.8 Å². The second kappa shape index (κ2) is 9.75. The van der Waals surface area contributed by atoms with Gasteiger partial charge in [0.1, 0.15) is 11.1 Å². The number of aliphatic carboxylic acids is 1. The summed E-state index contributed by atoms with van der Waals surface area (Å²) in [7, 11) is 0. The fourth-order valence-corrected chi connectivity index (χ4v) is 5.81. The fourth-order valence-electron chi connectivity index (χ4n) is 4.86. The number of pyridine rings is 2. The van der Waals surface area contributed by atoms with Gasteiger partial charge in [0.05, 0.1) is 5.41 Å². The molecule has 1 aromatic carbocycles. The maximum Gasteiger partial charge on any atom is 0.328 e. The largest absolute Gasteiger partial charge is 0.480 e. The molecule has 180 valence electrons. The summed E-state index contributed by atoms with van der Waals surface area (Å²) >= 11 is 1.43. The first-order valence-electron chi connectivity index (χ1n) is 11.5. The average molecular weight is 491 g/mol. The number of benzene rings is 1. The van der Waals surface area contributed by atoms with Crippen LogP contribution < -0.4 is 5.32 Å². The van der Waals surface area contributed by atoms with E-state index < -0.39 is 17.4 Å². The highest BCUT2D eigenvalue weighted by Crippen LogP contribution is 2.47. The molecule has 0 amide bonds. The first-order chi connectivity index (χ1) is 17.0. The molecule has 1 saturated heterocycles. The van der Waals surface area contributed by atoms with E-state index in [-0.39, 0.29) is 17.5 Å². The number of aliphatic imine (C=N–C) groups is 1. The molecule has 1 saturated carbocycles. The van der Waals surface area contributed by atoms with Crippen LogP contribution in [0.1, 0.15) is 18.4 Å². The molecule has 1 aliphatic heterocycles. The zero-order valence-corrected chi connectivity index (χ0v) is 20.1. The maximum atomic E-state index is 12.8. The quantitative estimate of drug-likeness (QED) is 0.512. The smallest absolute Gasteiger partial charge is 0.328 e. The third kappa shape index (κ3) is 4.41. The minimum absolute atomic E-state index is 0.156. The van der Waals surface area contributed by atoms with E-state index in [1.54, 1.807) is 18.6 Å². The van der Waals surface area contributed by atoms with Crippen LogP contribution in [0.15, 0.2) is 60.0 Å². The maximum absolute atomic E-state index is 12.8. The minimum atomic E-state index is -0.992. The molecular formula is C26H26N4O4S. The number of hydrogen-bond donors (Lipinski definition) is 2. The lowest BCUT2D eigenvalue weighted by atomic mass is 9.60. The Morgan fingerprint density at radius 2 is 1.97 bits per heavy atom. The lowest BCUT2D eigenvalue weighted by Crippen LogP contribution is -2.63. The van der Waals surface area contributed by atoms with Crippen LogP contribution in [0.25, 0.3) is 10.8 Å². The van der Waals surface area contributed by atoms with Crippen LogP contribution in [0.2, 0.25) is 0 Å². The Hall–Kier alpha value is -3.30. The first-order valence-corrected chi connectivity index (χ1v) is 12.8. The third-order valence-corrected chi connectivity index (χ3v) is 7.73. The van der Waals surface area contributed by atoms with E-state index in [2.05, 4.69) is 20.3 Å². The Bertz CT molecular complexity index is 1280. The SMILES string of the molecule is CSC1C(=O)C2(CCOCC2)C1=N[C@@H](Cc1ccc(Nc2nccc3ccncc23)cc1)C(=O)O. The number of thioether (sulfide) groups is 1. The van der Waals surface area contributed by atoms with Crippen molar-refractivity contribution in [3.05, 3.63) is 60.6 Å². The van der Waals surface area contributed by atoms with Gasteiger partial charge in [-0.2, -0.15) is 0 Å². The van der Waals surface area contributed by atoms with E-state index >= 15 is 0 Å². The van der Waals surface area contributed by atoms with Crippen LogP contribution in [0.5, 0.6) is 0 Å². The molecule has 9 heteroatoms. The lowest BCUT2D eigenvalue weighted by molar-refractivity contribution is -0.138. The summed E-state index contributed by atoms with van der Waals surface area (Å²) in [5.74, 6) is -0.130. The molecule has 8 nitrogen and oxygen atoms in total. The van der Waals surface area contributed by atoms with Gasteiger partial charge in [-0.15, -0.1) is 11.8 Å². The Kier molecular flexibility index (Phi) is 6.53. The molecular weight excluding hydrogens is 464 g/mol. The van der Waals surface area contributed by atoms with Gasteiger partial charge in [-0.05, 0) is 54.3 Å². The Morgan fingerprint density at radius 1 is 1.23 bits per heavy atom. The molecule has 3 heterocycles. The summed E-state index contributed by atoms with van der Waals surface area (Å²) in [6.07, 6.45) is 8.53. The molecule has 35 heavy (non-hydrogen) atoms. The summed E-state index contributed by atoms with van der Waals surface area (Å²) in [5, 5.41) is 14.8. The Balaban J connectivity index is 1.34. The number of carboxylic acid groups (broad SMARTS) is 1. The Labute approximate surface area is 207 Å². The topological polar surface area (TPSA) is 114 Å². The highest BCUT2D eigenvalue weighted by Gasteiger charge is 2.59. The number of ether oxygens (including phenoxy) is 1. The van der Waals surface area contributed by atoms with Crippen molar-refractivity contribution in [2.75, 3.05) is 24.8 Å². The molecule has 1 unspecified atom stereocenters. The predicted molar refractivity (Wildman–Crippen MR) is 137 cm³/mol. The van der Waals surface area contributed by atoms with E-state index in [1.165, 1.54) is 11.8 Å². The second-order valence-corrected chi connectivity index (χ2v) is 9.77. The van der Waals surface area contributed by atoms with Crippen molar-refractivity contribution in [3.63, 3.8) is 0 Å². The van der Waals surface area contributed by atoms with E-state index in [1.807, 2.05) is 42.7 Å². The van der Waals surface area contributed by atoms with Crippen LogP contribution in [-0.4, -0.2) is 63.3 Å². The van der Waals surface area contributed by atoms with Crippen LogP contribution >= 0.6 is 11.8 Å². The van der Waals surface area contributed by atoms with Crippen molar-refractivity contribution in [1.29, 1.82) is 0 Å². The number of rotatable bonds is 7. The van der Waals surface area contributed by atoms with Gasteiger partial charge in [-0.1, -0.05) is 12.1 Å². The number of carbonyl (C=O) groups excluding carboxylic acids is 1. The highest BCUT2D eigenvalue weighted by atomic mass is 32.2. The summed E-state index contributed by atoms with van der Waals surface area (Å²) < 4.78 is 5.45. The molecule has 2 atom stereocenters. The zero-order valence-electron chi connectivity index (χ0n) is 19.3. The number of hydrogen-bond acceptors (Lipinski definition) is 8. The monoisotopic (exact) mass is 490 g/mol. The molecule has 0 radical (unpaired) electrons. The van der Waals surface area contributed by atoms with Crippen molar-refractivity contribution < 1.29 is 19.4 Å². The van der Waals surface area contributed by atoms with E-state index in [9.17, 15) is 14.7 Å². The van der Waals surface area contributed by atoms with Gasteiger partial charge in [0, 0.05) is 55.0 Å². The summed E-state index contributed by atoms with van der Waals surface area (Å²) in [6.45, 7) is 0.999. The zero-order chi connectivity index (χ0) is 24.4. The number of fused-ring (bicyclic) bond motifs is 1. The van der Waals surface area contributed by atoms with Crippen LogP contribution in [-0.2, 0) is 20.7 Å². The number of aromatic nitrogens is 2. The van der Waals surface area contributed by atoms with Crippen molar-refractivity contribution >= 4 is 51.5 Å². The summed E-state index contributed by atoms with van der Waals surface area (Å²) in [4.78, 5) is 38.2. The second-order valence-electron chi connectivity index (χ2n) is 8.83. The fraction of sp³-hybridized carbons (Fsp3) is 0.346. The third-order valence-electron chi connectivity index (χ3n) is 6.82. The van der Waals surface area contributed by atoms with Crippen LogP contribution in [0.3, 0.4) is 0 Å². The number of carboxylic acids is 1. The summed E-state index contributed by atoms with van der Waals surface area (Å²) in [5.41, 5.74) is 1.77. The molecule has 3 aromatic rings. The standard InChI is InChI=1S/C26H26N4O4S/c1-35-21-22(26(23(21)31)8-12-34-13-9-26)30-20(25(32)33)14-16-2-4-18(5-3-16)29-24-19-15-27-10-6-17(19)7-11-28-24/h2-7,10-11,15,20-21H,8-9,12-14H2,1H3,(H,28,29)(H,32,33)/t20-,21?/m0/s1. The number of anilines is 2. The van der Waals surface area contributed by atoms with Crippen LogP contribution in [0.4, 0.5) is 11.5 Å². The Morgan fingerprint density at radius 3 is 2.69 bits per heavy atom. The number of ketones is 1. The van der Waals surface area contributed by atoms with Crippen LogP contribution in [0, 0.1) is 5.41 Å². The molecule has 2 fully saturated rings. The number of nitrogens with zero attached hydrogens (tertiary/aromatic N) is 3. The van der Waals surface area contributed by atoms with Crippen molar-refractivity contribution in [3.8, 4) is 0 Å².